The van der Waals surface area contributed by atoms with Gasteiger partial charge in [-0.1, -0.05) is 48.5 Å². The first-order valence-electron chi connectivity index (χ1n) is 8.40. The summed E-state index contributed by atoms with van der Waals surface area (Å²) in [5.41, 5.74) is 4.46. The van der Waals surface area contributed by atoms with E-state index in [9.17, 15) is 14.7 Å². The number of hydrogen-bond donors (Lipinski definition) is 2. The molecule has 0 aromatic heterocycles. The number of carbonyl (C=O) groups is 2. The van der Waals surface area contributed by atoms with Crippen LogP contribution in [0.3, 0.4) is 0 Å². The molecule has 6 nitrogen and oxygen atoms in total. The van der Waals surface area contributed by atoms with E-state index >= 15 is 0 Å². The van der Waals surface area contributed by atoms with E-state index in [4.69, 9.17) is 9.47 Å². The normalized spacial score (nSPS) is 14.8. The van der Waals surface area contributed by atoms with Crippen LogP contribution in [0.4, 0.5) is 4.79 Å². The van der Waals surface area contributed by atoms with Gasteiger partial charge in [0.2, 0.25) is 0 Å². The number of aliphatic carboxylic acids is 1. The Morgan fingerprint density at radius 3 is 2.12 bits per heavy atom. The fraction of sp³-hybridized carbons (Fsp3) is 0.300. The van der Waals surface area contributed by atoms with Crippen LogP contribution in [-0.4, -0.2) is 43.0 Å². The van der Waals surface area contributed by atoms with Gasteiger partial charge in [0.15, 0.2) is 6.04 Å². The Hall–Kier alpha value is -2.86. The highest BCUT2D eigenvalue weighted by Gasteiger charge is 2.31. The van der Waals surface area contributed by atoms with Gasteiger partial charge in [0.05, 0.1) is 6.10 Å². The van der Waals surface area contributed by atoms with E-state index in [0.29, 0.717) is 0 Å². The second-order valence-corrected chi connectivity index (χ2v) is 6.23. The number of methoxy groups -OCH3 is 1. The SMILES string of the molecule is COC(C)[C@@H](NC(=O)OCC1c2ccccc2-c2ccccc21)C(=O)O. The van der Waals surface area contributed by atoms with E-state index in [1.165, 1.54) is 7.11 Å². The predicted molar refractivity (Wildman–Crippen MR) is 96.1 cm³/mol. The third kappa shape index (κ3) is 3.41. The van der Waals surface area contributed by atoms with E-state index in [2.05, 4.69) is 17.4 Å². The molecule has 2 N–H and O–H groups in total. The molecule has 0 aliphatic heterocycles. The van der Waals surface area contributed by atoms with Crippen molar-refractivity contribution in [1.82, 2.24) is 5.32 Å². The summed E-state index contributed by atoms with van der Waals surface area (Å²) in [5.74, 6) is -1.25. The molecule has 1 aliphatic rings. The average molecular weight is 355 g/mol. The molecular weight excluding hydrogens is 334 g/mol. The van der Waals surface area contributed by atoms with E-state index in [1.807, 2.05) is 36.4 Å². The molecule has 0 radical (unpaired) electrons. The van der Waals surface area contributed by atoms with Gasteiger partial charge in [0.25, 0.3) is 0 Å². The number of fused-ring (bicyclic) bond motifs is 3. The van der Waals surface area contributed by atoms with E-state index in [-0.39, 0.29) is 12.5 Å². The van der Waals surface area contributed by atoms with E-state index < -0.39 is 24.2 Å². The van der Waals surface area contributed by atoms with Gasteiger partial charge in [-0.3, -0.25) is 0 Å². The Morgan fingerprint density at radius 2 is 1.62 bits per heavy atom. The number of carboxylic acid groups (broad SMARTS) is 1. The van der Waals surface area contributed by atoms with Crippen molar-refractivity contribution in [2.24, 2.45) is 0 Å². The first-order valence-corrected chi connectivity index (χ1v) is 8.40. The summed E-state index contributed by atoms with van der Waals surface area (Å²) < 4.78 is 10.3. The van der Waals surface area contributed by atoms with Crippen molar-refractivity contribution in [3.63, 3.8) is 0 Å². The summed E-state index contributed by atoms with van der Waals surface area (Å²) in [7, 11) is 1.39. The summed E-state index contributed by atoms with van der Waals surface area (Å²) in [6.07, 6.45) is -1.45. The number of rotatable bonds is 6. The second-order valence-electron chi connectivity index (χ2n) is 6.23. The van der Waals surface area contributed by atoms with Gasteiger partial charge in [0, 0.05) is 13.0 Å². The zero-order chi connectivity index (χ0) is 18.7. The lowest BCUT2D eigenvalue weighted by atomic mass is 9.98. The van der Waals surface area contributed by atoms with Crippen LogP contribution in [0.2, 0.25) is 0 Å². The highest BCUT2D eigenvalue weighted by molar-refractivity contribution is 5.81. The quantitative estimate of drug-likeness (QED) is 0.832. The number of hydrogen-bond acceptors (Lipinski definition) is 4. The van der Waals surface area contributed by atoms with Crippen molar-refractivity contribution in [3.05, 3.63) is 59.7 Å². The molecule has 6 heteroatoms. The number of nitrogens with one attached hydrogen (secondary N) is 1. The molecule has 0 fully saturated rings. The fourth-order valence-electron chi connectivity index (χ4n) is 3.28. The third-order valence-corrected chi connectivity index (χ3v) is 4.72. The van der Waals surface area contributed by atoms with Crippen LogP contribution < -0.4 is 5.32 Å². The molecule has 0 saturated carbocycles. The summed E-state index contributed by atoms with van der Waals surface area (Å²) in [5, 5.41) is 11.6. The lowest BCUT2D eigenvalue weighted by Crippen LogP contribution is -2.48. The highest BCUT2D eigenvalue weighted by Crippen LogP contribution is 2.44. The summed E-state index contributed by atoms with van der Waals surface area (Å²) in [4.78, 5) is 23.4. The van der Waals surface area contributed by atoms with Crippen LogP contribution in [0.15, 0.2) is 48.5 Å². The second kappa shape index (κ2) is 7.58. The van der Waals surface area contributed by atoms with Gasteiger partial charge >= 0.3 is 12.1 Å². The number of carboxylic acids is 1. The van der Waals surface area contributed by atoms with Gasteiger partial charge in [0.1, 0.15) is 6.61 Å². The molecule has 136 valence electrons. The maximum absolute atomic E-state index is 12.1. The van der Waals surface area contributed by atoms with Crippen molar-refractivity contribution >= 4 is 12.1 Å². The Balaban J connectivity index is 1.72. The standard InChI is InChI=1S/C20H21NO5/c1-12(25-2)18(19(22)23)21-20(24)26-11-17-15-9-5-3-7-13(15)14-8-4-6-10-16(14)17/h3-10,12,17-18H,11H2,1-2H3,(H,21,24)(H,22,23)/t12?,18-/m1/s1. The minimum Gasteiger partial charge on any atom is -0.480 e. The Labute approximate surface area is 151 Å². The zero-order valence-electron chi connectivity index (χ0n) is 14.6. The monoisotopic (exact) mass is 355 g/mol. The Bertz CT molecular complexity index is 774. The zero-order valence-corrected chi connectivity index (χ0v) is 14.6. The molecule has 0 heterocycles. The van der Waals surface area contributed by atoms with Crippen molar-refractivity contribution in [2.45, 2.75) is 25.0 Å². The molecule has 3 rings (SSSR count). The van der Waals surface area contributed by atoms with E-state index in [1.54, 1.807) is 6.92 Å². The van der Waals surface area contributed by atoms with Gasteiger partial charge < -0.3 is 19.9 Å². The van der Waals surface area contributed by atoms with Crippen molar-refractivity contribution in [1.29, 1.82) is 0 Å². The molecule has 0 bridgehead atoms. The van der Waals surface area contributed by atoms with E-state index in [0.717, 1.165) is 22.3 Å². The minimum absolute atomic E-state index is 0.0729. The lowest BCUT2D eigenvalue weighted by Gasteiger charge is -2.21. The smallest absolute Gasteiger partial charge is 0.407 e. The number of benzene rings is 2. The van der Waals surface area contributed by atoms with Gasteiger partial charge in [-0.2, -0.15) is 0 Å². The largest absolute Gasteiger partial charge is 0.480 e. The molecule has 1 aliphatic carbocycles. The predicted octanol–water partition coefficient (Wildman–Crippen LogP) is 3.01. The Kier molecular flexibility index (Phi) is 5.23. The first-order chi connectivity index (χ1) is 12.5. The molecule has 0 saturated heterocycles. The minimum atomic E-state index is -1.17. The van der Waals surface area contributed by atoms with Gasteiger partial charge in [-0.05, 0) is 29.2 Å². The molecule has 0 spiro atoms. The first kappa shape index (κ1) is 17.9. The van der Waals surface area contributed by atoms with Gasteiger partial charge in [-0.15, -0.1) is 0 Å². The van der Waals surface area contributed by atoms with Crippen LogP contribution in [-0.2, 0) is 14.3 Å². The van der Waals surface area contributed by atoms with Crippen LogP contribution in [0.5, 0.6) is 0 Å². The topological polar surface area (TPSA) is 84.9 Å². The maximum atomic E-state index is 12.1. The number of carbonyl (C=O) groups excluding carboxylic acids is 1. The third-order valence-electron chi connectivity index (χ3n) is 4.72. The van der Waals surface area contributed by atoms with Crippen molar-refractivity contribution in [3.8, 4) is 11.1 Å². The summed E-state index contributed by atoms with van der Waals surface area (Å²) >= 11 is 0. The fourth-order valence-corrected chi connectivity index (χ4v) is 3.28. The molecule has 1 unspecified atom stereocenters. The molecule has 2 atom stereocenters. The average Bonchev–Trinajstić information content (AvgIpc) is 2.97. The van der Waals surface area contributed by atoms with Gasteiger partial charge in [-0.25, -0.2) is 9.59 Å². The van der Waals surface area contributed by atoms with Crippen molar-refractivity contribution in [2.75, 3.05) is 13.7 Å². The number of amides is 1. The maximum Gasteiger partial charge on any atom is 0.407 e. The molecular formula is C20H21NO5. The highest BCUT2D eigenvalue weighted by atomic mass is 16.5. The summed E-state index contributed by atoms with van der Waals surface area (Å²) in [6.45, 7) is 1.70. The van der Waals surface area contributed by atoms with Crippen LogP contribution in [0.1, 0.15) is 24.0 Å². The summed E-state index contributed by atoms with van der Waals surface area (Å²) in [6, 6.07) is 14.9. The molecule has 1 amide bonds. The molecule has 2 aromatic rings. The van der Waals surface area contributed by atoms with Crippen molar-refractivity contribution < 1.29 is 24.2 Å². The number of alkyl carbamates (subject to hydrolysis) is 1. The van der Waals surface area contributed by atoms with Crippen LogP contribution in [0.25, 0.3) is 11.1 Å². The van der Waals surface area contributed by atoms with Crippen LogP contribution >= 0.6 is 0 Å². The van der Waals surface area contributed by atoms with Crippen LogP contribution in [0, 0.1) is 0 Å². The number of ether oxygens (including phenoxy) is 2. The lowest BCUT2D eigenvalue weighted by molar-refractivity contribution is -0.142. The Morgan fingerprint density at radius 1 is 1.08 bits per heavy atom. The molecule has 2 aromatic carbocycles. The molecule has 26 heavy (non-hydrogen) atoms.